The van der Waals surface area contributed by atoms with Crippen LogP contribution in [0.5, 0.6) is 0 Å². The number of halogens is 1. The molecule has 0 radical (unpaired) electrons. The zero-order valence-corrected chi connectivity index (χ0v) is 16.0. The molecule has 26 heavy (non-hydrogen) atoms. The molecule has 0 saturated heterocycles. The summed E-state index contributed by atoms with van der Waals surface area (Å²) in [4.78, 5) is 2.03. The van der Waals surface area contributed by atoms with Gasteiger partial charge in [-0.3, -0.25) is 0 Å². The Hall–Kier alpha value is -2.70. The summed E-state index contributed by atoms with van der Waals surface area (Å²) in [5.41, 5.74) is 3.01. The maximum Gasteiger partial charge on any atom is 0.216 e. The number of allylic oxidation sites excluding steroid dienone is 1. The lowest BCUT2D eigenvalue weighted by molar-refractivity contribution is 0.872. The smallest absolute Gasteiger partial charge is 0.216 e. The lowest BCUT2D eigenvalue weighted by Gasteiger charge is -2.12. The van der Waals surface area contributed by atoms with Gasteiger partial charge >= 0.3 is 0 Å². The molecule has 0 amide bonds. The van der Waals surface area contributed by atoms with Crippen LogP contribution in [0.1, 0.15) is 5.56 Å². The van der Waals surface area contributed by atoms with Gasteiger partial charge in [0.1, 0.15) is 0 Å². The van der Waals surface area contributed by atoms with Crippen molar-refractivity contribution in [1.82, 2.24) is 14.9 Å². The maximum atomic E-state index is 6.27. The Labute approximate surface area is 162 Å². The molecule has 3 aromatic rings. The predicted molar refractivity (Wildman–Crippen MR) is 111 cm³/mol. The van der Waals surface area contributed by atoms with Crippen LogP contribution in [0.15, 0.2) is 64.7 Å². The number of nitrogens with zero attached hydrogens (tertiary/aromatic N) is 4. The Morgan fingerprint density at radius 2 is 1.85 bits per heavy atom. The average Bonchev–Trinajstić information content (AvgIpc) is 3.01. The van der Waals surface area contributed by atoms with E-state index in [0.29, 0.717) is 15.6 Å². The van der Waals surface area contributed by atoms with E-state index in [1.165, 1.54) is 0 Å². The van der Waals surface area contributed by atoms with E-state index in [9.17, 15) is 0 Å². The minimum Gasteiger partial charge on any atom is -0.378 e. The molecule has 0 aliphatic carbocycles. The fourth-order valence-corrected chi connectivity index (χ4v) is 2.70. The van der Waals surface area contributed by atoms with Crippen LogP contribution in [-0.2, 0) is 0 Å². The number of nitrogens with one attached hydrogen (secondary N) is 1. The molecule has 0 atom stereocenters. The van der Waals surface area contributed by atoms with E-state index >= 15 is 0 Å². The van der Waals surface area contributed by atoms with Gasteiger partial charge in [-0.05, 0) is 48.1 Å². The van der Waals surface area contributed by atoms with E-state index in [1.807, 2.05) is 79.7 Å². The van der Waals surface area contributed by atoms with Crippen LogP contribution in [0, 0.1) is 4.77 Å². The summed E-state index contributed by atoms with van der Waals surface area (Å²) < 4.78 is 1.96. The summed E-state index contributed by atoms with van der Waals surface area (Å²) >= 11 is 11.5. The number of hydrogen-bond acceptors (Lipinski definition) is 4. The van der Waals surface area contributed by atoms with Gasteiger partial charge in [-0.2, -0.15) is 14.9 Å². The summed E-state index contributed by atoms with van der Waals surface area (Å²) in [5, 5.41) is 11.9. The highest BCUT2D eigenvalue weighted by Crippen LogP contribution is 2.21. The van der Waals surface area contributed by atoms with Gasteiger partial charge in [-0.15, -0.1) is 0 Å². The molecule has 2 aromatic carbocycles. The van der Waals surface area contributed by atoms with Gasteiger partial charge in [0.05, 0.1) is 11.2 Å². The standard InChI is InChI=1S/C19H18ClN5S/c1-24(2)17-10-8-15(9-11-17)18-22-23-19(26)25(18)21-13-16(20)12-14-6-4-3-5-7-14/h3-13H,1-2H3,(H,23,26)/b16-12-,21-13-. The van der Waals surface area contributed by atoms with E-state index in [1.54, 1.807) is 10.9 Å². The minimum absolute atomic E-state index is 0.400. The molecular formula is C19H18ClN5S. The fraction of sp³-hybridized carbons (Fsp3) is 0.105. The van der Waals surface area contributed by atoms with Crippen molar-refractivity contribution in [3.63, 3.8) is 0 Å². The number of H-pyrrole nitrogens is 1. The molecule has 0 spiro atoms. The van der Waals surface area contributed by atoms with Crippen molar-refractivity contribution in [3.8, 4) is 11.4 Å². The normalized spacial score (nSPS) is 11.9. The molecule has 0 aliphatic heterocycles. The van der Waals surface area contributed by atoms with Crippen molar-refractivity contribution in [2.24, 2.45) is 5.10 Å². The SMILES string of the molecule is CN(C)c1ccc(-c2n[nH]c(=S)n2/N=C\C(Cl)=C\c2ccccc2)cc1. The lowest BCUT2D eigenvalue weighted by atomic mass is 10.2. The fourth-order valence-electron chi connectivity index (χ4n) is 2.35. The molecular weight excluding hydrogens is 366 g/mol. The molecule has 0 aliphatic rings. The first-order valence-corrected chi connectivity index (χ1v) is 8.75. The lowest BCUT2D eigenvalue weighted by Crippen LogP contribution is -2.08. The van der Waals surface area contributed by atoms with Gasteiger partial charge in [-0.1, -0.05) is 41.9 Å². The number of hydrogen-bond donors (Lipinski definition) is 1. The average molecular weight is 384 g/mol. The second-order valence-electron chi connectivity index (χ2n) is 5.79. The summed E-state index contributed by atoms with van der Waals surface area (Å²) in [6.07, 6.45) is 3.39. The largest absolute Gasteiger partial charge is 0.378 e. The van der Waals surface area contributed by atoms with Crippen molar-refractivity contribution in [2.75, 3.05) is 19.0 Å². The molecule has 1 heterocycles. The summed E-state index contributed by atoms with van der Waals surface area (Å²) in [5.74, 6) is 0.626. The summed E-state index contributed by atoms with van der Waals surface area (Å²) in [6, 6.07) is 17.8. The second-order valence-corrected chi connectivity index (χ2v) is 6.61. The van der Waals surface area contributed by atoms with Crippen LogP contribution in [0.4, 0.5) is 5.69 Å². The van der Waals surface area contributed by atoms with Gasteiger partial charge in [0.25, 0.3) is 0 Å². The van der Waals surface area contributed by atoms with E-state index in [2.05, 4.69) is 15.3 Å². The van der Waals surface area contributed by atoms with Gasteiger partial charge in [0.15, 0.2) is 5.82 Å². The van der Waals surface area contributed by atoms with E-state index in [4.69, 9.17) is 23.8 Å². The molecule has 0 saturated carbocycles. The molecule has 0 bridgehead atoms. The zero-order chi connectivity index (χ0) is 18.5. The van der Waals surface area contributed by atoms with E-state index in [0.717, 1.165) is 16.8 Å². The van der Waals surface area contributed by atoms with Gasteiger partial charge in [0.2, 0.25) is 4.77 Å². The molecule has 3 rings (SSSR count). The Kier molecular flexibility index (Phi) is 5.65. The van der Waals surface area contributed by atoms with Crippen molar-refractivity contribution in [1.29, 1.82) is 0 Å². The Balaban J connectivity index is 1.88. The number of aromatic amines is 1. The number of benzene rings is 2. The number of rotatable bonds is 5. The highest BCUT2D eigenvalue weighted by atomic mass is 35.5. The van der Waals surface area contributed by atoms with Crippen molar-refractivity contribution < 1.29 is 0 Å². The molecule has 132 valence electrons. The van der Waals surface area contributed by atoms with Gasteiger partial charge in [-0.25, -0.2) is 5.10 Å². The Morgan fingerprint density at radius 1 is 1.15 bits per heavy atom. The number of anilines is 1. The quantitative estimate of drug-likeness (QED) is 0.509. The highest BCUT2D eigenvalue weighted by Gasteiger charge is 2.08. The Bertz CT molecular complexity index is 985. The van der Waals surface area contributed by atoms with Crippen LogP contribution < -0.4 is 4.90 Å². The third-order valence-corrected chi connectivity index (χ3v) is 4.16. The van der Waals surface area contributed by atoms with Crippen LogP contribution >= 0.6 is 23.8 Å². The summed E-state index contributed by atoms with van der Waals surface area (Å²) in [7, 11) is 3.99. The van der Waals surface area contributed by atoms with Crippen molar-refractivity contribution >= 4 is 41.8 Å². The highest BCUT2D eigenvalue weighted by molar-refractivity contribution is 7.71. The van der Waals surface area contributed by atoms with E-state index in [-0.39, 0.29) is 0 Å². The first-order chi connectivity index (χ1) is 12.5. The van der Waals surface area contributed by atoms with Crippen LogP contribution in [0.3, 0.4) is 0 Å². The monoisotopic (exact) mass is 383 g/mol. The second kappa shape index (κ2) is 8.12. The molecule has 5 nitrogen and oxygen atoms in total. The van der Waals surface area contributed by atoms with Crippen molar-refractivity contribution in [3.05, 3.63) is 70.0 Å². The molecule has 0 fully saturated rings. The third kappa shape index (κ3) is 4.28. The first-order valence-electron chi connectivity index (χ1n) is 7.96. The Morgan fingerprint density at radius 3 is 2.50 bits per heavy atom. The molecule has 7 heteroatoms. The van der Waals surface area contributed by atoms with Crippen molar-refractivity contribution in [2.45, 2.75) is 0 Å². The van der Waals surface area contributed by atoms with Crippen LogP contribution in [0.2, 0.25) is 0 Å². The zero-order valence-electron chi connectivity index (χ0n) is 14.4. The molecule has 1 aromatic heterocycles. The molecule has 1 N–H and O–H groups in total. The van der Waals surface area contributed by atoms with Gasteiger partial charge < -0.3 is 4.90 Å². The topological polar surface area (TPSA) is 49.2 Å². The third-order valence-electron chi connectivity index (χ3n) is 3.69. The van der Waals surface area contributed by atoms with Gasteiger partial charge in [0, 0.05) is 25.3 Å². The predicted octanol–water partition coefficient (Wildman–Crippen LogP) is 4.79. The van der Waals surface area contributed by atoms with Crippen LogP contribution in [-0.4, -0.2) is 35.2 Å². The minimum atomic E-state index is 0.400. The van der Waals surface area contributed by atoms with E-state index < -0.39 is 0 Å². The summed E-state index contributed by atoms with van der Waals surface area (Å²) in [6.45, 7) is 0. The maximum absolute atomic E-state index is 6.27. The van der Waals surface area contributed by atoms with Crippen LogP contribution in [0.25, 0.3) is 17.5 Å². The molecule has 0 unspecified atom stereocenters. The number of aromatic nitrogens is 3. The first kappa shape index (κ1) is 18.1.